The molecular weight excluding hydrogens is 240 g/mol. The summed E-state index contributed by atoms with van der Waals surface area (Å²) in [5.41, 5.74) is -0.231. The Morgan fingerprint density at radius 3 is 2.53 bits per heavy atom. The van der Waals surface area contributed by atoms with Gasteiger partial charge < -0.3 is 10.0 Å². The Morgan fingerprint density at radius 2 is 2.16 bits per heavy atom. The van der Waals surface area contributed by atoms with Crippen LogP contribution in [0.5, 0.6) is 0 Å². The Labute approximate surface area is 115 Å². The summed E-state index contributed by atoms with van der Waals surface area (Å²) in [6, 6.07) is 1.95. The zero-order valence-corrected chi connectivity index (χ0v) is 11.9. The number of nitriles is 1. The fourth-order valence-electron chi connectivity index (χ4n) is 3.05. The summed E-state index contributed by atoms with van der Waals surface area (Å²) < 4.78 is 0. The molecule has 1 unspecified atom stereocenters. The predicted molar refractivity (Wildman–Crippen MR) is 72.0 cm³/mol. The Balaban J connectivity index is 1.98. The lowest BCUT2D eigenvalue weighted by molar-refractivity contribution is -0.144. The summed E-state index contributed by atoms with van der Waals surface area (Å²) in [6.45, 7) is 1.98. The van der Waals surface area contributed by atoms with Crippen molar-refractivity contribution in [3.05, 3.63) is 0 Å². The van der Waals surface area contributed by atoms with E-state index in [0.29, 0.717) is 5.92 Å². The van der Waals surface area contributed by atoms with E-state index in [2.05, 4.69) is 6.07 Å². The van der Waals surface area contributed by atoms with Crippen molar-refractivity contribution >= 4 is 5.91 Å². The van der Waals surface area contributed by atoms with Gasteiger partial charge in [0.2, 0.25) is 5.91 Å². The fraction of sp³-hybridized carbons (Fsp3) is 0.867. The van der Waals surface area contributed by atoms with Crippen LogP contribution in [0.3, 0.4) is 0 Å². The maximum absolute atomic E-state index is 12.5. The molecular formula is C15H24N2O2. The number of aliphatic hydroxyl groups excluding tert-OH is 1. The minimum absolute atomic E-state index is 0.0148. The van der Waals surface area contributed by atoms with E-state index in [1.54, 1.807) is 11.9 Å². The largest absolute Gasteiger partial charge is 0.396 e. The average molecular weight is 264 g/mol. The maximum Gasteiger partial charge on any atom is 0.226 e. The van der Waals surface area contributed by atoms with Gasteiger partial charge in [0, 0.05) is 25.0 Å². The molecule has 1 N–H and O–H groups in total. The number of amides is 1. The summed E-state index contributed by atoms with van der Waals surface area (Å²) in [7, 11) is 1.73. The van der Waals surface area contributed by atoms with Crippen LogP contribution in [0.4, 0.5) is 0 Å². The summed E-state index contributed by atoms with van der Waals surface area (Å²) in [5.74, 6) is 0.456. The second-order valence-corrected chi connectivity index (χ2v) is 6.37. The average Bonchev–Trinajstić information content (AvgIpc) is 3.17. The van der Waals surface area contributed by atoms with Crippen molar-refractivity contribution in [3.63, 3.8) is 0 Å². The Morgan fingerprint density at radius 1 is 1.53 bits per heavy atom. The number of aliphatic hydroxyl groups is 1. The van der Waals surface area contributed by atoms with Crippen molar-refractivity contribution < 1.29 is 9.90 Å². The molecule has 2 aliphatic rings. The number of hydrogen-bond donors (Lipinski definition) is 1. The van der Waals surface area contributed by atoms with Gasteiger partial charge in [-0.15, -0.1) is 0 Å². The van der Waals surface area contributed by atoms with Crippen LogP contribution < -0.4 is 0 Å². The second kappa shape index (κ2) is 5.50. The molecule has 0 heterocycles. The molecule has 2 atom stereocenters. The van der Waals surface area contributed by atoms with Crippen LogP contribution in [-0.4, -0.2) is 35.6 Å². The van der Waals surface area contributed by atoms with Gasteiger partial charge in [0.25, 0.3) is 0 Å². The van der Waals surface area contributed by atoms with Gasteiger partial charge in [-0.1, -0.05) is 26.2 Å². The number of carbonyl (C=O) groups is 1. The highest BCUT2D eigenvalue weighted by Crippen LogP contribution is 2.47. The lowest BCUT2D eigenvalue weighted by atomic mass is 9.61. The molecule has 0 aromatic carbocycles. The van der Waals surface area contributed by atoms with Crippen molar-refractivity contribution in [1.82, 2.24) is 4.90 Å². The SMILES string of the molecule is C[C@H](C(=O)N(C)C(C#N)CC1CC1)C1(CO)CCC1. The lowest BCUT2D eigenvalue weighted by Gasteiger charge is -2.45. The lowest BCUT2D eigenvalue weighted by Crippen LogP contribution is -2.49. The van der Waals surface area contributed by atoms with E-state index in [9.17, 15) is 15.2 Å². The van der Waals surface area contributed by atoms with Crippen LogP contribution in [0, 0.1) is 28.6 Å². The van der Waals surface area contributed by atoms with E-state index >= 15 is 0 Å². The third kappa shape index (κ3) is 2.76. The first-order chi connectivity index (χ1) is 9.04. The highest BCUT2D eigenvalue weighted by Gasteiger charge is 2.46. The molecule has 19 heavy (non-hydrogen) atoms. The predicted octanol–water partition coefficient (Wildman–Crippen LogP) is 1.94. The van der Waals surface area contributed by atoms with E-state index in [4.69, 9.17) is 0 Å². The highest BCUT2D eigenvalue weighted by atomic mass is 16.3. The van der Waals surface area contributed by atoms with Crippen molar-refractivity contribution in [2.24, 2.45) is 17.3 Å². The van der Waals surface area contributed by atoms with E-state index in [1.807, 2.05) is 6.92 Å². The molecule has 0 spiro atoms. The van der Waals surface area contributed by atoms with Crippen molar-refractivity contribution in [3.8, 4) is 6.07 Å². The van der Waals surface area contributed by atoms with Gasteiger partial charge in [0.1, 0.15) is 6.04 Å². The molecule has 4 heteroatoms. The van der Waals surface area contributed by atoms with Crippen molar-refractivity contribution in [1.29, 1.82) is 5.26 Å². The molecule has 1 amide bonds. The maximum atomic E-state index is 12.5. The normalized spacial score (nSPS) is 23.9. The van der Waals surface area contributed by atoms with Crippen LogP contribution in [0.2, 0.25) is 0 Å². The molecule has 0 radical (unpaired) electrons. The molecule has 0 bridgehead atoms. The molecule has 106 valence electrons. The van der Waals surface area contributed by atoms with E-state index < -0.39 is 0 Å². The highest BCUT2D eigenvalue weighted by molar-refractivity contribution is 5.80. The summed E-state index contributed by atoms with van der Waals surface area (Å²) in [5, 5.41) is 18.8. The van der Waals surface area contributed by atoms with E-state index in [0.717, 1.165) is 25.7 Å². The minimum Gasteiger partial charge on any atom is -0.396 e. The molecule has 2 rings (SSSR count). The molecule has 2 saturated carbocycles. The van der Waals surface area contributed by atoms with Gasteiger partial charge in [0.15, 0.2) is 0 Å². The van der Waals surface area contributed by atoms with Crippen LogP contribution >= 0.6 is 0 Å². The molecule has 0 aromatic rings. The molecule has 0 aromatic heterocycles. The Bertz CT molecular complexity index is 375. The number of nitrogens with zero attached hydrogens (tertiary/aromatic N) is 2. The molecule has 2 aliphatic carbocycles. The third-order valence-electron chi connectivity index (χ3n) is 5.17. The molecule has 4 nitrogen and oxygen atoms in total. The van der Waals surface area contributed by atoms with Gasteiger partial charge >= 0.3 is 0 Å². The summed E-state index contributed by atoms with van der Waals surface area (Å²) in [4.78, 5) is 14.1. The standard InChI is InChI=1S/C15H24N2O2/c1-11(15(10-18)6-3-7-15)14(19)17(2)13(9-16)8-12-4-5-12/h11-13,18H,3-8,10H2,1-2H3/t11-,13?/m1/s1. The van der Waals surface area contributed by atoms with Crippen molar-refractivity contribution in [2.75, 3.05) is 13.7 Å². The first-order valence-corrected chi connectivity index (χ1v) is 7.31. The van der Waals surface area contributed by atoms with Crippen LogP contribution in [0.1, 0.15) is 45.4 Å². The quantitative estimate of drug-likeness (QED) is 0.797. The summed E-state index contributed by atoms with van der Waals surface area (Å²) in [6.07, 6.45) is 6.12. The van der Waals surface area contributed by atoms with Gasteiger partial charge in [0.05, 0.1) is 6.07 Å². The first kappa shape index (κ1) is 14.3. The third-order valence-corrected chi connectivity index (χ3v) is 5.17. The van der Waals surface area contributed by atoms with Gasteiger partial charge in [-0.2, -0.15) is 5.26 Å². The molecule has 0 aliphatic heterocycles. The fourth-order valence-corrected chi connectivity index (χ4v) is 3.05. The Hall–Kier alpha value is -1.08. The van der Waals surface area contributed by atoms with Gasteiger partial charge in [-0.3, -0.25) is 4.79 Å². The minimum atomic E-state index is -0.307. The summed E-state index contributed by atoms with van der Waals surface area (Å²) >= 11 is 0. The number of hydrogen-bond acceptors (Lipinski definition) is 3. The monoisotopic (exact) mass is 264 g/mol. The Kier molecular flexibility index (Phi) is 4.15. The number of carbonyl (C=O) groups excluding carboxylic acids is 1. The van der Waals surface area contributed by atoms with Gasteiger partial charge in [-0.25, -0.2) is 0 Å². The van der Waals surface area contributed by atoms with Gasteiger partial charge in [-0.05, 0) is 25.2 Å². The van der Waals surface area contributed by atoms with Crippen LogP contribution in [0.15, 0.2) is 0 Å². The smallest absolute Gasteiger partial charge is 0.226 e. The first-order valence-electron chi connectivity index (χ1n) is 7.31. The topological polar surface area (TPSA) is 64.3 Å². The second-order valence-electron chi connectivity index (χ2n) is 6.37. The molecule has 2 fully saturated rings. The van der Waals surface area contributed by atoms with E-state index in [1.165, 1.54) is 12.8 Å². The van der Waals surface area contributed by atoms with E-state index in [-0.39, 0.29) is 29.9 Å². The number of rotatable bonds is 6. The molecule has 0 saturated heterocycles. The zero-order valence-electron chi connectivity index (χ0n) is 11.9. The van der Waals surface area contributed by atoms with Crippen LogP contribution in [-0.2, 0) is 4.79 Å². The zero-order chi connectivity index (χ0) is 14.0. The van der Waals surface area contributed by atoms with Crippen LogP contribution in [0.25, 0.3) is 0 Å². The van der Waals surface area contributed by atoms with Crippen molar-refractivity contribution in [2.45, 2.75) is 51.5 Å².